The minimum Gasteiger partial charge on any atom is -0.497 e. The smallest absolute Gasteiger partial charge is 0.246 e. The number of aryl methyl sites for hydroxylation is 1. The van der Waals surface area contributed by atoms with Crippen LogP contribution in [0.5, 0.6) is 5.75 Å². The molecule has 0 atom stereocenters. The minimum atomic E-state index is -0.236. The Labute approximate surface area is 195 Å². The monoisotopic (exact) mass is 467 g/mol. The molecule has 0 bridgehead atoms. The summed E-state index contributed by atoms with van der Waals surface area (Å²) in [4.78, 5) is 12.7. The maximum atomic E-state index is 12.7. The first kappa shape index (κ1) is 21.9. The van der Waals surface area contributed by atoms with E-state index in [0.29, 0.717) is 27.7 Å². The molecule has 7 nitrogen and oxygen atoms in total. The van der Waals surface area contributed by atoms with E-state index in [-0.39, 0.29) is 12.5 Å². The van der Waals surface area contributed by atoms with Crippen LogP contribution in [0.1, 0.15) is 17.0 Å². The average molecular weight is 468 g/mol. The van der Waals surface area contributed by atoms with Crippen molar-refractivity contribution in [1.29, 1.82) is 0 Å². The number of nitrogens with zero attached hydrogens (tertiary/aromatic N) is 4. The molecule has 4 aromatic rings. The second-order valence-electron chi connectivity index (χ2n) is 7.26. The van der Waals surface area contributed by atoms with Gasteiger partial charge in [-0.1, -0.05) is 29.8 Å². The van der Waals surface area contributed by atoms with Gasteiger partial charge < -0.3 is 10.1 Å². The van der Waals surface area contributed by atoms with E-state index in [1.165, 1.54) is 4.68 Å². The van der Waals surface area contributed by atoms with E-state index in [2.05, 4.69) is 10.4 Å². The van der Waals surface area contributed by atoms with Crippen molar-refractivity contribution in [3.05, 3.63) is 93.7 Å². The molecule has 0 spiro atoms. The summed E-state index contributed by atoms with van der Waals surface area (Å²) in [5, 5.41) is 8.11. The Bertz CT molecular complexity index is 1290. The fourth-order valence-corrected chi connectivity index (χ4v) is 3.81. The standard InChI is InChI=1S/C23H22ClN5O2S/c1-16-5-8-18(24)14-20(16)25-22(30)15-28-23(32)29(27-11-3-4-12-27)21(26-28)13-17-6-9-19(31-2)10-7-17/h3-12,14H,13,15H2,1-2H3,(H,25,30). The third kappa shape index (κ3) is 4.76. The molecular formula is C23H22ClN5O2S. The zero-order valence-electron chi connectivity index (χ0n) is 17.7. The van der Waals surface area contributed by atoms with Gasteiger partial charge in [0.1, 0.15) is 12.3 Å². The fraction of sp³-hybridized carbons (Fsp3) is 0.174. The van der Waals surface area contributed by atoms with Crippen LogP contribution in [0.15, 0.2) is 67.0 Å². The molecule has 0 aliphatic heterocycles. The Hall–Kier alpha value is -3.36. The molecule has 0 unspecified atom stereocenters. The van der Waals surface area contributed by atoms with Gasteiger partial charge in [-0.15, -0.1) is 0 Å². The van der Waals surface area contributed by atoms with Gasteiger partial charge in [0.05, 0.1) is 7.11 Å². The van der Waals surface area contributed by atoms with Crippen molar-refractivity contribution in [3.63, 3.8) is 0 Å². The first-order valence-electron chi connectivity index (χ1n) is 9.96. The molecule has 0 saturated heterocycles. The van der Waals surface area contributed by atoms with Gasteiger partial charge in [0.25, 0.3) is 0 Å². The number of aromatic nitrogens is 4. The second-order valence-corrected chi connectivity index (χ2v) is 8.07. The van der Waals surface area contributed by atoms with Crippen LogP contribution in [0.3, 0.4) is 0 Å². The van der Waals surface area contributed by atoms with Crippen molar-refractivity contribution in [1.82, 2.24) is 19.1 Å². The predicted octanol–water partition coefficient (Wildman–Crippen LogP) is 4.73. The van der Waals surface area contributed by atoms with Crippen LogP contribution in [0.4, 0.5) is 5.69 Å². The van der Waals surface area contributed by atoms with Gasteiger partial charge in [-0.25, -0.2) is 9.36 Å². The van der Waals surface area contributed by atoms with Crippen LogP contribution in [0.25, 0.3) is 0 Å². The van der Waals surface area contributed by atoms with E-state index >= 15 is 0 Å². The molecule has 0 aliphatic rings. The number of nitrogens with one attached hydrogen (secondary N) is 1. The molecule has 1 N–H and O–H groups in total. The zero-order valence-corrected chi connectivity index (χ0v) is 19.2. The molecule has 32 heavy (non-hydrogen) atoms. The molecule has 164 valence electrons. The van der Waals surface area contributed by atoms with E-state index in [1.807, 2.05) is 71.1 Å². The Balaban J connectivity index is 1.62. The van der Waals surface area contributed by atoms with Gasteiger partial charge in [-0.3, -0.25) is 9.47 Å². The molecule has 0 radical (unpaired) electrons. The van der Waals surface area contributed by atoms with Gasteiger partial charge in [-0.2, -0.15) is 5.10 Å². The highest BCUT2D eigenvalue weighted by Crippen LogP contribution is 2.20. The zero-order chi connectivity index (χ0) is 22.7. The Morgan fingerprint density at radius 2 is 1.88 bits per heavy atom. The molecule has 9 heteroatoms. The lowest BCUT2D eigenvalue weighted by Crippen LogP contribution is -2.20. The first-order valence-corrected chi connectivity index (χ1v) is 10.7. The number of benzene rings is 2. The summed E-state index contributed by atoms with van der Waals surface area (Å²) in [6.45, 7) is 1.89. The van der Waals surface area contributed by atoms with Crippen molar-refractivity contribution in [2.24, 2.45) is 0 Å². The van der Waals surface area contributed by atoms with Crippen molar-refractivity contribution in [3.8, 4) is 5.75 Å². The topological polar surface area (TPSA) is 66.0 Å². The summed E-state index contributed by atoms with van der Waals surface area (Å²) >= 11 is 11.7. The second kappa shape index (κ2) is 9.42. The number of ether oxygens (including phenoxy) is 1. The number of carbonyl (C=O) groups excluding carboxylic acids is 1. The lowest BCUT2D eigenvalue weighted by atomic mass is 10.1. The molecule has 2 heterocycles. The summed E-state index contributed by atoms with van der Waals surface area (Å²) in [6, 6.07) is 17.0. The number of rotatable bonds is 7. The third-order valence-corrected chi connectivity index (χ3v) is 5.61. The van der Waals surface area contributed by atoms with E-state index < -0.39 is 0 Å². The summed E-state index contributed by atoms with van der Waals surface area (Å²) in [5.41, 5.74) is 2.63. The number of carbonyl (C=O) groups is 1. The van der Waals surface area contributed by atoms with Gasteiger partial charge in [0, 0.05) is 29.5 Å². The highest BCUT2D eigenvalue weighted by Gasteiger charge is 2.16. The Kier molecular flexibility index (Phi) is 6.43. The van der Waals surface area contributed by atoms with Crippen molar-refractivity contribution in [2.75, 3.05) is 12.4 Å². The molecule has 0 fully saturated rings. The van der Waals surface area contributed by atoms with Gasteiger partial charge in [-0.05, 0) is 66.7 Å². The summed E-state index contributed by atoms with van der Waals surface area (Å²) in [7, 11) is 1.64. The van der Waals surface area contributed by atoms with Crippen molar-refractivity contribution in [2.45, 2.75) is 19.9 Å². The molecule has 0 aliphatic carbocycles. The lowest BCUT2D eigenvalue weighted by Gasteiger charge is -2.09. The van der Waals surface area contributed by atoms with Gasteiger partial charge in [0.15, 0.2) is 5.82 Å². The molecule has 0 saturated carbocycles. The fourth-order valence-electron chi connectivity index (χ4n) is 3.33. The quantitative estimate of drug-likeness (QED) is 0.399. The number of amides is 1. The van der Waals surface area contributed by atoms with Crippen LogP contribution < -0.4 is 10.1 Å². The highest BCUT2D eigenvalue weighted by molar-refractivity contribution is 7.71. The molecule has 2 aromatic heterocycles. The average Bonchev–Trinajstić information content (AvgIpc) is 3.39. The van der Waals surface area contributed by atoms with Crippen LogP contribution in [0.2, 0.25) is 5.02 Å². The number of methoxy groups -OCH3 is 1. The number of hydrogen-bond acceptors (Lipinski definition) is 4. The minimum absolute atomic E-state index is 0.0192. The van der Waals surface area contributed by atoms with Crippen molar-refractivity contribution < 1.29 is 9.53 Å². The third-order valence-electron chi connectivity index (χ3n) is 4.99. The summed E-state index contributed by atoms with van der Waals surface area (Å²) in [5.74, 6) is 1.26. The number of hydrogen-bond donors (Lipinski definition) is 1. The number of halogens is 1. The Morgan fingerprint density at radius 3 is 2.56 bits per heavy atom. The van der Waals surface area contributed by atoms with Crippen LogP contribution in [-0.2, 0) is 17.8 Å². The van der Waals surface area contributed by atoms with Crippen LogP contribution >= 0.6 is 23.8 Å². The maximum Gasteiger partial charge on any atom is 0.246 e. The molecule has 4 rings (SSSR count). The van der Waals surface area contributed by atoms with Crippen LogP contribution in [-0.4, -0.2) is 32.1 Å². The SMILES string of the molecule is COc1ccc(Cc2nn(CC(=O)Nc3cc(Cl)ccc3C)c(=S)n2-n2cccc2)cc1. The molecule has 1 amide bonds. The van der Waals surface area contributed by atoms with E-state index in [9.17, 15) is 4.79 Å². The van der Waals surface area contributed by atoms with E-state index in [4.69, 9.17) is 28.6 Å². The lowest BCUT2D eigenvalue weighted by molar-refractivity contribution is -0.116. The highest BCUT2D eigenvalue weighted by atomic mass is 35.5. The normalized spacial score (nSPS) is 10.8. The Morgan fingerprint density at radius 1 is 1.16 bits per heavy atom. The molecule has 2 aromatic carbocycles. The summed E-state index contributed by atoms with van der Waals surface area (Å²) in [6.07, 6.45) is 4.30. The van der Waals surface area contributed by atoms with Gasteiger partial charge >= 0.3 is 0 Å². The maximum absolute atomic E-state index is 12.7. The first-order chi connectivity index (χ1) is 15.4. The van der Waals surface area contributed by atoms with Gasteiger partial charge in [0.2, 0.25) is 10.7 Å². The van der Waals surface area contributed by atoms with Crippen molar-refractivity contribution >= 4 is 35.4 Å². The van der Waals surface area contributed by atoms with Crippen LogP contribution in [0, 0.1) is 11.7 Å². The predicted molar refractivity (Wildman–Crippen MR) is 127 cm³/mol. The molecular weight excluding hydrogens is 446 g/mol. The largest absolute Gasteiger partial charge is 0.497 e. The van der Waals surface area contributed by atoms with E-state index in [1.54, 1.807) is 19.2 Å². The number of anilines is 1. The van der Waals surface area contributed by atoms with E-state index in [0.717, 1.165) is 16.9 Å². The summed E-state index contributed by atoms with van der Waals surface area (Å²) < 4.78 is 10.9.